The van der Waals surface area contributed by atoms with Crippen LogP contribution in [0.15, 0.2) is 29.3 Å². The largest absolute Gasteiger partial charge is 0.377 e. The fraction of sp³-hybridized carbons (Fsp3) is 0.579. The van der Waals surface area contributed by atoms with Crippen molar-refractivity contribution in [2.75, 3.05) is 39.3 Å². The molecule has 1 N–H and O–H groups in total. The molecule has 1 amide bonds. The maximum Gasteiger partial charge on any atom is 0.219 e. The summed E-state index contributed by atoms with van der Waals surface area (Å²) in [4.78, 5) is 20.3. The lowest BCUT2D eigenvalue weighted by molar-refractivity contribution is -0.130. The van der Waals surface area contributed by atoms with Crippen LogP contribution in [0.2, 0.25) is 0 Å². The first-order valence-electron chi connectivity index (χ1n) is 9.08. The van der Waals surface area contributed by atoms with Crippen LogP contribution in [0.5, 0.6) is 0 Å². The van der Waals surface area contributed by atoms with E-state index in [1.807, 2.05) is 11.8 Å². The third-order valence-electron chi connectivity index (χ3n) is 4.27. The average molecular weight is 346 g/mol. The number of guanidine groups is 1. The van der Waals surface area contributed by atoms with Gasteiger partial charge in [-0.25, -0.2) is 4.99 Å². The van der Waals surface area contributed by atoms with Crippen LogP contribution in [-0.2, 0) is 22.7 Å². The summed E-state index contributed by atoms with van der Waals surface area (Å²) in [6, 6.07) is 8.41. The molecule has 1 fully saturated rings. The molecule has 0 aliphatic carbocycles. The normalized spacial score (nSPS) is 15.4. The number of ether oxygens (including phenoxy) is 1. The van der Waals surface area contributed by atoms with Gasteiger partial charge in [0.1, 0.15) is 0 Å². The lowest BCUT2D eigenvalue weighted by Crippen LogP contribution is -2.53. The molecule has 1 aromatic carbocycles. The zero-order valence-electron chi connectivity index (χ0n) is 15.6. The fourth-order valence-electron chi connectivity index (χ4n) is 2.79. The minimum absolute atomic E-state index is 0.147. The van der Waals surface area contributed by atoms with Crippen molar-refractivity contribution in [3.63, 3.8) is 0 Å². The fourth-order valence-corrected chi connectivity index (χ4v) is 2.79. The zero-order valence-corrected chi connectivity index (χ0v) is 15.6. The molecule has 0 atom stereocenters. The van der Waals surface area contributed by atoms with Crippen molar-refractivity contribution in [1.29, 1.82) is 0 Å². The Kier molecular flexibility index (Phi) is 7.73. The van der Waals surface area contributed by atoms with Crippen LogP contribution in [-0.4, -0.2) is 61.0 Å². The highest BCUT2D eigenvalue weighted by Crippen LogP contribution is 2.08. The second-order valence-corrected chi connectivity index (χ2v) is 6.12. The molecule has 6 nitrogen and oxygen atoms in total. The molecule has 1 aliphatic rings. The Morgan fingerprint density at radius 3 is 2.24 bits per heavy atom. The summed E-state index contributed by atoms with van der Waals surface area (Å²) in [5.74, 6) is 1.07. The summed E-state index contributed by atoms with van der Waals surface area (Å²) in [5, 5.41) is 3.36. The number of nitrogens with zero attached hydrogens (tertiary/aromatic N) is 3. The first-order chi connectivity index (χ1) is 12.1. The average Bonchev–Trinajstić information content (AvgIpc) is 2.64. The SMILES string of the molecule is CCNC(=NCc1ccc(COCC)cc1)N1CCN(C(C)=O)CC1. The molecular weight excluding hydrogens is 316 g/mol. The minimum Gasteiger partial charge on any atom is -0.377 e. The Hall–Kier alpha value is -2.08. The van der Waals surface area contributed by atoms with E-state index >= 15 is 0 Å². The maximum absolute atomic E-state index is 11.5. The van der Waals surface area contributed by atoms with Gasteiger partial charge in [0.2, 0.25) is 5.91 Å². The van der Waals surface area contributed by atoms with E-state index in [9.17, 15) is 4.79 Å². The first kappa shape index (κ1) is 19.2. The van der Waals surface area contributed by atoms with Gasteiger partial charge < -0.3 is 19.9 Å². The van der Waals surface area contributed by atoms with Crippen molar-refractivity contribution < 1.29 is 9.53 Å². The molecule has 1 aromatic rings. The van der Waals surface area contributed by atoms with Crippen LogP contribution in [0.3, 0.4) is 0 Å². The molecule has 0 aromatic heterocycles. The summed E-state index contributed by atoms with van der Waals surface area (Å²) in [5.41, 5.74) is 2.36. The second kappa shape index (κ2) is 10.0. The molecule has 6 heteroatoms. The van der Waals surface area contributed by atoms with Crippen molar-refractivity contribution in [2.24, 2.45) is 4.99 Å². The maximum atomic E-state index is 11.5. The summed E-state index contributed by atoms with van der Waals surface area (Å²) in [6.45, 7) is 11.7. The lowest BCUT2D eigenvalue weighted by Gasteiger charge is -2.36. The quantitative estimate of drug-likeness (QED) is 0.631. The number of amides is 1. The van der Waals surface area contributed by atoms with Gasteiger partial charge in [-0.05, 0) is 25.0 Å². The van der Waals surface area contributed by atoms with Crippen LogP contribution in [0.1, 0.15) is 31.9 Å². The third-order valence-corrected chi connectivity index (χ3v) is 4.27. The van der Waals surface area contributed by atoms with Crippen molar-refractivity contribution in [2.45, 2.75) is 33.9 Å². The van der Waals surface area contributed by atoms with Crippen molar-refractivity contribution in [3.8, 4) is 0 Å². The Labute approximate surface area is 150 Å². The lowest BCUT2D eigenvalue weighted by atomic mass is 10.1. The number of nitrogens with one attached hydrogen (secondary N) is 1. The van der Waals surface area contributed by atoms with Crippen LogP contribution < -0.4 is 5.32 Å². The smallest absolute Gasteiger partial charge is 0.219 e. The van der Waals surface area contributed by atoms with Crippen molar-refractivity contribution in [3.05, 3.63) is 35.4 Å². The summed E-state index contributed by atoms with van der Waals surface area (Å²) in [6.07, 6.45) is 0. The molecule has 1 saturated heterocycles. The van der Waals surface area contributed by atoms with Gasteiger partial charge in [0.15, 0.2) is 5.96 Å². The molecule has 2 rings (SSSR count). The standard InChI is InChI=1S/C19H30N4O2/c1-4-20-19(23-12-10-22(11-13-23)16(3)24)21-14-17-6-8-18(9-7-17)15-25-5-2/h6-9H,4-5,10-15H2,1-3H3,(H,20,21). The van der Waals surface area contributed by atoms with Crippen LogP contribution >= 0.6 is 0 Å². The van der Waals surface area contributed by atoms with Gasteiger partial charge in [0.25, 0.3) is 0 Å². The number of benzene rings is 1. The molecule has 0 saturated carbocycles. The van der Waals surface area contributed by atoms with E-state index in [1.165, 1.54) is 11.1 Å². The predicted molar refractivity (Wildman–Crippen MR) is 100 cm³/mol. The number of hydrogen-bond acceptors (Lipinski definition) is 3. The summed E-state index contributed by atoms with van der Waals surface area (Å²) >= 11 is 0. The number of carbonyl (C=O) groups excluding carboxylic acids is 1. The van der Waals surface area contributed by atoms with Crippen LogP contribution in [0.25, 0.3) is 0 Å². The molecule has 0 unspecified atom stereocenters. The highest BCUT2D eigenvalue weighted by atomic mass is 16.5. The number of hydrogen-bond donors (Lipinski definition) is 1. The van der Waals surface area contributed by atoms with E-state index in [-0.39, 0.29) is 5.91 Å². The van der Waals surface area contributed by atoms with Gasteiger partial charge in [-0.3, -0.25) is 4.79 Å². The predicted octanol–water partition coefficient (Wildman–Crippen LogP) is 1.85. The van der Waals surface area contributed by atoms with Gasteiger partial charge in [-0.15, -0.1) is 0 Å². The van der Waals surface area contributed by atoms with Crippen LogP contribution in [0.4, 0.5) is 0 Å². The second-order valence-electron chi connectivity index (χ2n) is 6.12. The number of aliphatic imine (C=N–C) groups is 1. The minimum atomic E-state index is 0.147. The highest BCUT2D eigenvalue weighted by Gasteiger charge is 2.20. The number of piperazine rings is 1. The molecule has 0 spiro atoms. The molecule has 0 bridgehead atoms. The topological polar surface area (TPSA) is 57.2 Å². The Bertz CT molecular complexity index is 563. The van der Waals surface area contributed by atoms with Gasteiger partial charge >= 0.3 is 0 Å². The van der Waals surface area contributed by atoms with Gasteiger partial charge in [-0.1, -0.05) is 24.3 Å². The summed E-state index contributed by atoms with van der Waals surface area (Å²) < 4.78 is 5.42. The first-order valence-corrected chi connectivity index (χ1v) is 9.08. The number of rotatable bonds is 6. The zero-order chi connectivity index (χ0) is 18.1. The van der Waals surface area contributed by atoms with Crippen LogP contribution in [0, 0.1) is 0 Å². The van der Waals surface area contributed by atoms with E-state index in [0.29, 0.717) is 13.2 Å². The van der Waals surface area contributed by atoms with Crippen molar-refractivity contribution >= 4 is 11.9 Å². The molecular formula is C19H30N4O2. The Balaban J connectivity index is 1.94. The molecule has 0 radical (unpaired) electrons. The molecule has 1 aliphatic heterocycles. The Morgan fingerprint density at radius 2 is 1.68 bits per heavy atom. The van der Waals surface area contributed by atoms with E-state index < -0.39 is 0 Å². The molecule has 25 heavy (non-hydrogen) atoms. The van der Waals surface area contributed by atoms with Gasteiger partial charge in [0, 0.05) is 46.3 Å². The van der Waals surface area contributed by atoms with Gasteiger partial charge in [-0.2, -0.15) is 0 Å². The molecule has 1 heterocycles. The summed E-state index contributed by atoms with van der Waals surface area (Å²) in [7, 11) is 0. The van der Waals surface area contributed by atoms with E-state index in [0.717, 1.165) is 45.3 Å². The van der Waals surface area contributed by atoms with E-state index in [2.05, 4.69) is 41.4 Å². The van der Waals surface area contributed by atoms with E-state index in [4.69, 9.17) is 9.73 Å². The van der Waals surface area contributed by atoms with Gasteiger partial charge in [0.05, 0.1) is 13.2 Å². The number of carbonyl (C=O) groups is 1. The molecule has 138 valence electrons. The van der Waals surface area contributed by atoms with Crippen molar-refractivity contribution in [1.82, 2.24) is 15.1 Å². The third kappa shape index (κ3) is 6.05. The highest BCUT2D eigenvalue weighted by molar-refractivity contribution is 5.80. The van der Waals surface area contributed by atoms with E-state index in [1.54, 1.807) is 6.92 Å². The monoisotopic (exact) mass is 346 g/mol. The Morgan fingerprint density at radius 1 is 1.08 bits per heavy atom.